The predicted molar refractivity (Wildman–Crippen MR) is 75.3 cm³/mol. The molecule has 7 heteroatoms. The van der Waals surface area contributed by atoms with Gasteiger partial charge in [-0.1, -0.05) is 11.8 Å². The summed E-state index contributed by atoms with van der Waals surface area (Å²) in [5, 5.41) is 2.59. The van der Waals surface area contributed by atoms with Crippen molar-refractivity contribution in [3.05, 3.63) is 0 Å². The molecule has 20 heavy (non-hydrogen) atoms. The van der Waals surface area contributed by atoms with Gasteiger partial charge >= 0.3 is 0 Å². The molecule has 1 spiro atoms. The number of amides is 3. The fraction of sp³-hybridized carbons (Fsp3) is 0.769. The van der Waals surface area contributed by atoms with E-state index in [0.717, 1.165) is 39.0 Å². The van der Waals surface area contributed by atoms with Crippen molar-refractivity contribution in [2.75, 3.05) is 31.9 Å². The van der Waals surface area contributed by atoms with Crippen LogP contribution in [0.4, 0.5) is 4.79 Å². The number of likely N-dealkylation sites (tertiary alicyclic amines) is 2. The van der Waals surface area contributed by atoms with E-state index in [0.29, 0.717) is 5.75 Å². The van der Waals surface area contributed by atoms with Gasteiger partial charge in [-0.15, -0.1) is 0 Å². The number of piperidine rings is 1. The highest BCUT2D eigenvalue weighted by molar-refractivity contribution is 8.14. The van der Waals surface area contributed by atoms with Gasteiger partial charge in [0.1, 0.15) is 6.04 Å². The van der Waals surface area contributed by atoms with E-state index in [1.807, 2.05) is 9.80 Å². The lowest BCUT2D eigenvalue weighted by Crippen LogP contribution is -2.64. The van der Waals surface area contributed by atoms with Crippen LogP contribution in [0, 0.1) is 5.41 Å². The molecular formula is C13H19N3O3S. The van der Waals surface area contributed by atoms with Crippen LogP contribution < -0.4 is 5.32 Å². The lowest BCUT2D eigenvalue weighted by Gasteiger charge is -2.54. The standard InChI is InChI=1S/C13H19N3O3S/c1-9(17)15-4-2-13(3-5-15)7-16(8-13)11(18)10-6-20-12(19)14-10/h10H,2-8H2,1H3,(H,14,19)/t10-/m0/s1. The van der Waals surface area contributed by atoms with E-state index in [1.165, 1.54) is 11.8 Å². The zero-order valence-electron chi connectivity index (χ0n) is 11.6. The molecule has 0 aromatic rings. The van der Waals surface area contributed by atoms with Crippen LogP contribution in [0.5, 0.6) is 0 Å². The van der Waals surface area contributed by atoms with Crippen molar-refractivity contribution in [2.45, 2.75) is 25.8 Å². The highest BCUT2D eigenvalue weighted by atomic mass is 32.2. The number of carbonyl (C=O) groups is 3. The monoisotopic (exact) mass is 297 g/mol. The molecule has 0 aromatic carbocycles. The van der Waals surface area contributed by atoms with Crippen molar-refractivity contribution in [2.24, 2.45) is 5.41 Å². The predicted octanol–water partition coefficient (Wildman–Crippen LogP) is 0.282. The molecule has 3 saturated heterocycles. The number of hydrogen-bond acceptors (Lipinski definition) is 4. The van der Waals surface area contributed by atoms with E-state index in [4.69, 9.17) is 0 Å². The Labute approximate surface area is 122 Å². The van der Waals surface area contributed by atoms with E-state index < -0.39 is 0 Å². The zero-order chi connectivity index (χ0) is 14.3. The van der Waals surface area contributed by atoms with Gasteiger partial charge in [-0.3, -0.25) is 14.4 Å². The molecule has 3 heterocycles. The number of nitrogens with zero attached hydrogens (tertiary/aromatic N) is 2. The molecule has 6 nitrogen and oxygen atoms in total. The number of nitrogens with one attached hydrogen (secondary N) is 1. The van der Waals surface area contributed by atoms with Gasteiger partial charge in [0, 0.05) is 44.3 Å². The molecule has 0 radical (unpaired) electrons. The quantitative estimate of drug-likeness (QED) is 0.755. The molecule has 0 bridgehead atoms. The third-order valence-electron chi connectivity index (χ3n) is 4.60. The third kappa shape index (κ3) is 2.39. The van der Waals surface area contributed by atoms with Crippen LogP contribution in [-0.2, 0) is 9.59 Å². The fourth-order valence-corrected chi connectivity index (χ4v) is 4.04. The first-order valence-corrected chi connectivity index (χ1v) is 7.95. The first kappa shape index (κ1) is 13.7. The average molecular weight is 297 g/mol. The molecule has 0 unspecified atom stereocenters. The Bertz CT molecular complexity index is 452. The van der Waals surface area contributed by atoms with Crippen molar-refractivity contribution in [3.8, 4) is 0 Å². The van der Waals surface area contributed by atoms with Crippen molar-refractivity contribution in [1.82, 2.24) is 15.1 Å². The van der Waals surface area contributed by atoms with E-state index >= 15 is 0 Å². The Balaban J connectivity index is 1.50. The van der Waals surface area contributed by atoms with E-state index in [-0.39, 0.29) is 28.5 Å². The first-order chi connectivity index (χ1) is 9.49. The van der Waals surface area contributed by atoms with Gasteiger partial charge in [0.2, 0.25) is 11.8 Å². The summed E-state index contributed by atoms with van der Waals surface area (Å²) < 4.78 is 0. The lowest BCUT2D eigenvalue weighted by molar-refractivity contribution is -0.150. The molecule has 3 amide bonds. The van der Waals surface area contributed by atoms with Crippen LogP contribution in [0.3, 0.4) is 0 Å². The summed E-state index contributed by atoms with van der Waals surface area (Å²) in [5.41, 5.74) is 0.206. The van der Waals surface area contributed by atoms with Crippen molar-refractivity contribution in [3.63, 3.8) is 0 Å². The summed E-state index contributed by atoms with van der Waals surface area (Å²) in [5.74, 6) is 0.722. The van der Waals surface area contributed by atoms with Gasteiger partial charge in [0.05, 0.1) is 0 Å². The average Bonchev–Trinajstić information content (AvgIpc) is 2.82. The van der Waals surface area contributed by atoms with Crippen molar-refractivity contribution >= 4 is 28.8 Å². The molecular weight excluding hydrogens is 278 g/mol. The van der Waals surface area contributed by atoms with E-state index in [9.17, 15) is 14.4 Å². The van der Waals surface area contributed by atoms with Crippen LogP contribution in [0.2, 0.25) is 0 Å². The van der Waals surface area contributed by atoms with Crippen LogP contribution in [-0.4, -0.2) is 64.8 Å². The van der Waals surface area contributed by atoms with Gasteiger partial charge in [-0.25, -0.2) is 0 Å². The molecule has 0 saturated carbocycles. The molecule has 3 fully saturated rings. The minimum atomic E-state index is -0.345. The van der Waals surface area contributed by atoms with Gasteiger partial charge in [-0.2, -0.15) is 0 Å². The minimum absolute atomic E-state index is 0.0444. The van der Waals surface area contributed by atoms with Crippen LogP contribution >= 0.6 is 11.8 Å². The highest BCUT2D eigenvalue weighted by Crippen LogP contribution is 2.40. The summed E-state index contributed by atoms with van der Waals surface area (Å²) in [6.07, 6.45) is 1.95. The zero-order valence-corrected chi connectivity index (χ0v) is 12.4. The van der Waals surface area contributed by atoms with Crippen LogP contribution in [0.1, 0.15) is 19.8 Å². The lowest BCUT2D eigenvalue weighted by atomic mass is 9.71. The molecule has 1 atom stereocenters. The SMILES string of the molecule is CC(=O)N1CCC2(CC1)CN(C(=O)[C@@H]1CSC(=O)N1)C2. The third-order valence-corrected chi connectivity index (χ3v) is 5.48. The Morgan fingerprint density at radius 2 is 1.90 bits per heavy atom. The van der Waals surface area contributed by atoms with E-state index in [1.54, 1.807) is 6.92 Å². The maximum Gasteiger partial charge on any atom is 0.279 e. The first-order valence-electron chi connectivity index (χ1n) is 6.97. The number of rotatable bonds is 1. The highest BCUT2D eigenvalue weighted by Gasteiger charge is 2.48. The molecule has 0 aromatic heterocycles. The van der Waals surface area contributed by atoms with Gasteiger partial charge in [-0.05, 0) is 12.8 Å². The smallest absolute Gasteiger partial charge is 0.279 e. The topological polar surface area (TPSA) is 69.7 Å². The van der Waals surface area contributed by atoms with Crippen molar-refractivity contribution in [1.29, 1.82) is 0 Å². The molecule has 3 rings (SSSR count). The van der Waals surface area contributed by atoms with Crippen LogP contribution in [0.25, 0.3) is 0 Å². The Morgan fingerprint density at radius 3 is 2.40 bits per heavy atom. The Morgan fingerprint density at radius 1 is 1.25 bits per heavy atom. The normalized spacial score (nSPS) is 28.2. The van der Waals surface area contributed by atoms with Gasteiger partial charge < -0.3 is 15.1 Å². The maximum absolute atomic E-state index is 12.2. The number of thioether (sulfide) groups is 1. The Hall–Kier alpha value is -1.24. The second-order valence-electron chi connectivity index (χ2n) is 6.00. The summed E-state index contributed by atoms with van der Waals surface area (Å²) in [7, 11) is 0. The van der Waals surface area contributed by atoms with Gasteiger partial charge in [0.15, 0.2) is 0 Å². The second kappa shape index (κ2) is 4.95. The Kier molecular flexibility index (Phi) is 3.40. The molecule has 3 aliphatic rings. The van der Waals surface area contributed by atoms with E-state index in [2.05, 4.69) is 5.32 Å². The second-order valence-corrected chi connectivity index (χ2v) is 6.99. The van der Waals surface area contributed by atoms with Gasteiger partial charge in [0.25, 0.3) is 5.24 Å². The molecule has 110 valence electrons. The maximum atomic E-state index is 12.2. The fourth-order valence-electron chi connectivity index (χ4n) is 3.27. The molecule has 3 aliphatic heterocycles. The number of hydrogen-bond donors (Lipinski definition) is 1. The largest absolute Gasteiger partial charge is 0.343 e. The van der Waals surface area contributed by atoms with Crippen LogP contribution in [0.15, 0.2) is 0 Å². The molecule has 0 aliphatic carbocycles. The summed E-state index contributed by atoms with van der Waals surface area (Å²) in [6.45, 7) is 4.75. The minimum Gasteiger partial charge on any atom is -0.343 e. The summed E-state index contributed by atoms with van der Waals surface area (Å²) in [6, 6.07) is -0.345. The summed E-state index contributed by atoms with van der Waals surface area (Å²) >= 11 is 1.17. The summed E-state index contributed by atoms with van der Waals surface area (Å²) in [4.78, 5) is 38.4. The molecule has 1 N–H and O–H groups in total. The number of carbonyl (C=O) groups excluding carboxylic acids is 3. The van der Waals surface area contributed by atoms with Crippen molar-refractivity contribution < 1.29 is 14.4 Å².